The first-order chi connectivity index (χ1) is 14.8. The summed E-state index contributed by atoms with van der Waals surface area (Å²) in [6, 6.07) is 2.68. The fourth-order valence-corrected chi connectivity index (χ4v) is 3.71. The number of rotatable bonds is 10. The first-order valence-electron chi connectivity index (χ1n) is 10.5. The van der Waals surface area contributed by atoms with Gasteiger partial charge in [-0.05, 0) is 37.8 Å². The predicted molar refractivity (Wildman–Crippen MR) is 115 cm³/mol. The lowest BCUT2D eigenvalue weighted by Gasteiger charge is -2.30. The Bertz CT molecular complexity index is 803. The molecular formula is C22H32N4O5. The molecule has 2 N–H and O–H groups in total. The van der Waals surface area contributed by atoms with Crippen LogP contribution >= 0.6 is 0 Å². The SMILES string of the molecule is C/C(=C\[C@H](C(C)C)N(C)C(=O)CNC=O)C(=O)N1CCCC1C(=O)NCc1ccco1. The largest absolute Gasteiger partial charge is 0.467 e. The molecule has 170 valence electrons. The van der Waals surface area contributed by atoms with Crippen molar-refractivity contribution in [2.75, 3.05) is 20.1 Å². The summed E-state index contributed by atoms with van der Waals surface area (Å²) in [5, 5.41) is 5.19. The van der Waals surface area contributed by atoms with Gasteiger partial charge in [0.15, 0.2) is 0 Å². The van der Waals surface area contributed by atoms with Crippen molar-refractivity contribution >= 4 is 24.1 Å². The molecule has 0 radical (unpaired) electrons. The van der Waals surface area contributed by atoms with Gasteiger partial charge in [0.05, 0.1) is 25.4 Å². The average molecular weight is 433 g/mol. The molecule has 4 amide bonds. The highest BCUT2D eigenvalue weighted by Crippen LogP contribution is 2.22. The quantitative estimate of drug-likeness (QED) is 0.424. The van der Waals surface area contributed by atoms with E-state index in [1.54, 1.807) is 43.3 Å². The van der Waals surface area contributed by atoms with E-state index in [2.05, 4.69) is 10.6 Å². The van der Waals surface area contributed by atoms with E-state index in [9.17, 15) is 19.2 Å². The number of nitrogens with one attached hydrogen (secondary N) is 2. The molecule has 9 heteroatoms. The zero-order valence-corrected chi connectivity index (χ0v) is 18.6. The number of carbonyl (C=O) groups excluding carboxylic acids is 4. The third kappa shape index (κ3) is 6.44. The Balaban J connectivity index is 2.07. The highest BCUT2D eigenvalue weighted by atomic mass is 16.3. The van der Waals surface area contributed by atoms with Crippen LogP contribution in [0.5, 0.6) is 0 Å². The molecule has 2 rings (SSSR count). The minimum Gasteiger partial charge on any atom is -0.467 e. The molecule has 1 aromatic rings. The smallest absolute Gasteiger partial charge is 0.249 e. The number of nitrogens with zero attached hydrogens (tertiary/aromatic N) is 2. The van der Waals surface area contributed by atoms with E-state index in [1.165, 1.54) is 4.90 Å². The van der Waals surface area contributed by atoms with E-state index in [-0.39, 0.29) is 42.8 Å². The van der Waals surface area contributed by atoms with E-state index in [0.717, 1.165) is 6.42 Å². The standard InChI is InChI=1S/C22H32N4O5/c1-15(2)19(25(4)20(28)13-23-14-27)11-16(3)22(30)26-9-5-8-18(26)21(29)24-12-17-7-6-10-31-17/h6-7,10-11,14-15,18-19H,5,8-9,12-13H2,1-4H3,(H,23,27)(H,24,29)/b16-11+/t18?,19-/m1/s1. The lowest BCUT2D eigenvalue weighted by Crippen LogP contribution is -2.46. The number of amides is 4. The molecular weight excluding hydrogens is 400 g/mol. The summed E-state index contributed by atoms with van der Waals surface area (Å²) in [6.07, 6.45) is 5.14. The van der Waals surface area contributed by atoms with Gasteiger partial charge in [-0.3, -0.25) is 19.2 Å². The van der Waals surface area contributed by atoms with Crippen LogP contribution in [0, 0.1) is 5.92 Å². The lowest BCUT2D eigenvalue weighted by molar-refractivity contribution is -0.136. The van der Waals surface area contributed by atoms with Crippen molar-refractivity contribution in [2.45, 2.75) is 52.2 Å². The van der Waals surface area contributed by atoms with Crippen molar-refractivity contribution in [3.8, 4) is 0 Å². The van der Waals surface area contributed by atoms with Gasteiger partial charge >= 0.3 is 0 Å². The summed E-state index contributed by atoms with van der Waals surface area (Å²) in [5.41, 5.74) is 0.479. The average Bonchev–Trinajstić information content (AvgIpc) is 3.44. The van der Waals surface area contributed by atoms with Gasteiger partial charge in [0, 0.05) is 19.2 Å². The molecule has 0 aromatic carbocycles. The summed E-state index contributed by atoms with van der Waals surface area (Å²) in [5.74, 6) is 0.0326. The van der Waals surface area contributed by atoms with Gasteiger partial charge in [0.1, 0.15) is 11.8 Å². The van der Waals surface area contributed by atoms with Crippen molar-refractivity contribution in [3.63, 3.8) is 0 Å². The number of carbonyl (C=O) groups is 4. The second-order valence-corrected chi connectivity index (χ2v) is 8.04. The Labute approximate surface area is 182 Å². The molecule has 1 unspecified atom stereocenters. The van der Waals surface area contributed by atoms with Gasteiger partial charge in [-0.25, -0.2) is 0 Å². The van der Waals surface area contributed by atoms with Gasteiger partial charge in [-0.1, -0.05) is 19.9 Å². The summed E-state index contributed by atoms with van der Waals surface area (Å²) in [4.78, 5) is 51.6. The number of furan rings is 1. The number of hydrogen-bond donors (Lipinski definition) is 2. The van der Waals surface area contributed by atoms with Crippen LogP contribution in [0.4, 0.5) is 0 Å². The topological polar surface area (TPSA) is 112 Å². The zero-order valence-electron chi connectivity index (χ0n) is 18.6. The van der Waals surface area contributed by atoms with Crippen LogP contribution in [0.25, 0.3) is 0 Å². The van der Waals surface area contributed by atoms with Crippen LogP contribution in [0.3, 0.4) is 0 Å². The maximum Gasteiger partial charge on any atom is 0.249 e. The predicted octanol–water partition coefficient (Wildman–Crippen LogP) is 1.06. The van der Waals surface area contributed by atoms with Gasteiger partial charge < -0.3 is 24.9 Å². The minimum absolute atomic E-state index is 0.0545. The molecule has 1 aromatic heterocycles. The molecule has 2 heterocycles. The Morgan fingerprint density at radius 2 is 2.10 bits per heavy atom. The molecule has 0 bridgehead atoms. The lowest BCUT2D eigenvalue weighted by atomic mass is 9.99. The molecule has 1 aliphatic heterocycles. The molecule has 0 saturated carbocycles. The fraction of sp³-hybridized carbons (Fsp3) is 0.545. The number of likely N-dealkylation sites (N-methyl/N-ethyl adjacent to an activating group) is 1. The molecule has 1 aliphatic rings. The van der Waals surface area contributed by atoms with Crippen LogP contribution in [-0.2, 0) is 25.7 Å². The van der Waals surface area contributed by atoms with Crippen molar-refractivity contribution in [3.05, 3.63) is 35.8 Å². The molecule has 0 spiro atoms. The summed E-state index contributed by atoms with van der Waals surface area (Å²) < 4.78 is 5.23. The molecule has 1 fully saturated rings. The third-order valence-electron chi connectivity index (χ3n) is 5.45. The maximum absolute atomic E-state index is 13.1. The van der Waals surface area contributed by atoms with E-state index in [1.807, 2.05) is 13.8 Å². The van der Waals surface area contributed by atoms with Crippen molar-refractivity contribution in [2.24, 2.45) is 5.92 Å². The third-order valence-corrected chi connectivity index (χ3v) is 5.45. The van der Waals surface area contributed by atoms with Crippen molar-refractivity contribution in [1.29, 1.82) is 0 Å². The highest BCUT2D eigenvalue weighted by Gasteiger charge is 2.35. The van der Waals surface area contributed by atoms with Gasteiger partial charge in [-0.2, -0.15) is 0 Å². The van der Waals surface area contributed by atoms with Gasteiger partial charge in [0.2, 0.25) is 24.1 Å². The summed E-state index contributed by atoms with van der Waals surface area (Å²) >= 11 is 0. The Morgan fingerprint density at radius 1 is 1.35 bits per heavy atom. The van der Waals surface area contributed by atoms with Crippen LogP contribution in [-0.4, -0.2) is 66.2 Å². The highest BCUT2D eigenvalue weighted by molar-refractivity contribution is 5.97. The molecule has 0 aliphatic carbocycles. The number of likely N-dealkylation sites (tertiary alicyclic amines) is 1. The van der Waals surface area contributed by atoms with Crippen LogP contribution in [0.2, 0.25) is 0 Å². The molecule has 1 saturated heterocycles. The summed E-state index contributed by atoms with van der Waals surface area (Å²) in [6.45, 7) is 6.29. The van der Waals surface area contributed by atoms with Crippen LogP contribution < -0.4 is 10.6 Å². The molecule has 2 atom stereocenters. The molecule has 31 heavy (non-hydrogen) atoms. The van der Waals surface area contributed by atoms with E-state index < -0.39 is 6.04 Å². The molecule has 9 nitrogen and oxygen atoms in total. The van der Waals surface area contributed by atoms with Crippen molar-refractivity contribution < 1.29 is 23.6 Å². The van der Waals surface area contributed by atoms with Gasteiger partial charge in [-0.15, -0.1) is 0 Å². The Morgan fingerprint density at radius 3 is 2.71 bits per heavy atom. The number of hydrogen-bond acceptors (Lipinski definition) is 5. The van der Waals surface area contributed by atoms with E-state index in [0.29, 0.717) is 30.7 Å². The monoisotopic (exact) mass is 432 g/mol. The van der Waals surface area contributed by atoms with Crippen molar-refractivity contribution in [1.82, 2.24) is 20.4 Å². The maximum atomic E-state index is 13.1. The fourth-order valence-electron chi connectivity index (χ4n) is 3.71. The van der Waals surface area contributed by atoms with Crippen LogP contribution in [0.15, 0.2) is 34.5 Å². The Hall–Kier alpha value is -3.10. The Kier molecular flexibility index (Phi) is 8.84. The van der Waals surface area contributed by atoms with Crippen LogP contribution in [0.1, 0.15) is 39.4 Å². The zero-order chi connectivity index (χ0) is 23.0. The first-order valence-corrected chi connectivity index (χ1v) is 10.5. The first kappa shape index (κ1) is 24.2. The normalized spacial score (nSPS) is 17.4. The van der Waals surface area contributed by atoms with Gasteiger partial charge in [0.25, 0.3) is 0 Å². The van der Waals surface area contributed by atoms with E-state index >= 15 is 0 Å². The summed E-state index contributed by atoms with van der Waals surface area (Å²) in [7, 11) is 1.65. The second-order valence-electron chi connectivity index (χ2n) is 8.04. The minimum atomic E-state index is -0.528. The second kappa shape index (κ2) is 11.3. The van der Waals surface area contributed by atoms with E-state index in [4.69, 9.17) is 4.42 Å².